The van der Waals surface area contributed by atoms with Crippen LogP contribution in [0.15, 0.2) is 30.5 Å². The van der Waals surface area contributed by atoms with Gasteiger partial charge in [0, 0.05) is 6.20 Å². The second-order valence-electron chi connectivity index (χ2n) is 3.17. The molecule has 0 saturated heterocycles. The molecule has 0 N–H and O–H groups in total. The van der Waals surface area contributed by atoms with Gasteiger partial charge in [-0.3, -0.25) is 4.79 Å². The number of benzene rings is 1. The lowest BCUT2D eigenvalue weighted by Crippen LogP contribution is -2.22. The second kappa shape index (κ2) is 3.05. The van der Waals surface area contributed by atoms with E-state index in [0.29, 0.717) is 0 Å². The van der Waals surface area contributed by atoms with E-state index < -0.39 is 0 Å². The van der Waals surface area contributed by atoms with Gasteiger partial charge in [-0.15, -0.1) is 0 Å². The standard InChI is InChI=1S/C11H11NO/c1-9-11-5-3-2-4-10(11)6-7-12(9)8-13/h2-9H,1H3. The number of nitrogens with zero attached hydrogens (tertiary/aromatic N) is 1. The fourth-order valence-electron chi connectivity index (χ4n) is 1.63. The third-order valence-corrected chi connectivity index (χ3v) is 2.44. The second-order valence-corrected chi connectivity index (χ2v) is 3.17. The Morgan fingerprint density at radius 1 is 1.38 bits per heavy atom. The van der Waals surface area contributed by atoms with Crippen molar-refractivity contribution in [2.24, 2.45) is 0 Å². The van der Waals surface area contributed by atoms with Crippen molar-refractivity contribution in [3.05, 3.63) is 41.6 Å². The average molecular weight is 173 g/mol. The molecular weight excluding hydrogens is 162 g/mol. The summed E-state index contributed by atoms with van der Waals surface area (Å²) in [5.74, 6) is 0. The van der Waals surface area contributed by atoms with E-state index in [1.165, 1.54) is 11.1 Å². The molecule has 1 aromatic rings. The lowest BCUT2D eigenvalue weighted by atomic mass is 9.98. The van der Waals surface area contributed by atoms with Gasteiger partial charge >= 0.3 is 0 Å². The van der Waals surface area contributed by atoms with Crippen LogP contribution in [-0.2, 0) is 4.79 Å². The quantitative estimate of drug-likeness (QED) is 0.596. The molecule has 0 fully saturated rings. The Kier molecular flexibility index (Phi) is 1.89. The minimum Gasteiger partial charge on any atom is -0.314 e. The van der Waals surface area contributed by atoms with Crippen LogP contribution in [0.2, 0.25) is 0 Å². The maximum absolute atomic E-state index is 10.7. The highest BCUT2D eigenvalue weighted by atomic mass is 16.1. The molecule has 1 aromatic carbocycles. The SMILES string of the molecule is CC1c2ccccc2C=CN1C=O. The number of carbonyl (C=O) groups excluding carboxylic acids is 1. The molecule has 1 amide bonds. The van der Waals surface area contributed by atoms with E-state index in [1.807, 2.05) is 31.3 Å². The summed E-state index contributed by atoms with van der Waals surface area (Å²) in [6.45, 7) is 2.02. The number of hydrogen-bond donors (Lipinski definition) is 0. The largest absolute Gasteiger partial charge is 0.314 e. The summed E-state index contributed by atoms with van der Waals surface area (Å²) in [5, 5.41) is 0. The molecule has 1 atom stereocenters. The van der Waals surface area contributed by atoms with Crippen LogP contribution >= 0.6 is 0 Å². The molecule has 1 aliphatic heterocycles. The zero-order chi connectivity index (χ0) is 9.26. The van der Waals surface area contributed by atoms with Crippen LogP contribution in [0.5, 0.6) is 0 Å². The number of carbonyl (C=O) groups is 1. The van der Waals surface area contributed by atoms with Gasteiger partial charge in [0.25, 0.3) is 0 Å². The summed E-state index contributed by atoms with van der Waals surface area (Å²) in [6, 6.07) is 8.27. The van der Waals surface area contributed by atoms with E-state index in [2.05, 4.69) is 12.1 Å². The van der Waals surface area contributed by atoms with E-state index in [4.69, 9.17) is 0 Å². The van der Waals surface area contributed by atoms with Gasteiger partial charge in [-0.1, -0.05) is 24.3 Å². The Labute approximate surface area is 77.5 Å². The molecule has 1 aliphatic rings. The molecule has 66 valence electrons. The summed E-state index contributed by atoms with van der Waals surface area (Å²) in [5.41, 5.74) is 2.41. The Hall–Kier alpha value is -1.57. The van der Waals surface area contributed by atoms with Crippen LogP contribution < -0.4 is 0 Å². The number of rotatable bonds is 1. The van der Waals surface area contributed by atoms with Gasteiger partial charge in [0.15, 0.2) is 0 Å². The van der Waals surface area contributed by atoms with E-state index in [-0.39, 0.29) is 6.04 Å². The third-order valence-electron chi connectivity index (χ3n) is 2.44. The first-order chi connectivity index (χ1) is 6.33. The summed E-state index contributed by atoms with van der Waals surface area (Å²) in [7, 11) is 0. The van der Waals surface area contributed by atoms with E-state index in [0.717, 1.165) is 6.41 Å². The maximum Gasteiger partial charge on any atom is 0.214 e. The van der Waals surface area contributed by atoms with Crippen LogP contribution in [0, 0.1) is 0 Å². The highest BCUT2D eigenvalue weighted by Crippen LogP contribution is 2.27. The van der Waals surface area contributed by atoms with Crippen LogP contribution in [0.25, 0.3) is 6.08 Å². The van der Waals surface area contributed by atoms with E-state index in [9.17, 15) is 4.79 Å². The van der Waals surface area contributed by atoms with Crippen molar-refractivity contribution in [2.75, 3.05) is 0 Å². The van der Waals surface area contributed by atoms with Crippen LogP contribution in [0.3, 0.4) is 0 Å². The maximum atomic E-state index is 10.7. The lowest BCUT2D eigenvalue weighted by Gasteiger charge is -2.26. The average Bonchev–Trinajstić information content (AvgIpc) is 2.19. The molecule has 0 aliphatic carbocycles. The van der Waals surface area contributed by atoms with E-state index in [1.54, 1.807) is 4.90 Å². The first kappa shape index (κ1) is 8.05. The fourth-order valence-corrected chi connectivity index (χ4v) is 1.63. The molecule has 0 aromatic heterocycles. The van der Waals surface area contributed by atoms with Gasteiger partial charge in [0.1, 0.15) is 0 Å². The molecule has 2 nitrogen and oxygen atoms in total. The van der Waals surface area contributed by atoms with Gasteiger partial charge in [-0.2, -0.15) is 0 Å². The Morgan fingerprint density at radius 2 is 2.15 bits per heavy atom. The molecular formula is C11H11NO. The van der Waals surface area contributed by atoms with Crippen LogP contribution in [0.4, 0.5) is 0 Å². The molecule has 0 radical (unpaired) electrons. The summed E-state index contributed by atoms with van der Waals surface area (Å²) in [4.78, 5) is 12.3. The predicted molar refractivity (Wildman–Crippen MR) is 51.8 cm³/mol. The molecule has 1 heterocycles. The van der Waals surface area contributed by atoms with Crippen molar-refractivity contribution in [3.63, 3.8) is 0 Å². The van der Waals surface area contributed by atoms with Gasteiger partial charge in [0.2, 0.25) is 6.41 Å². The number of amides is 1. The Balaban J connectivity index is 2.48. The van der Waals surface area contributed by atoms with Crippen molar-refractivity contribution >= 4 is 12.5 Å². The third kappa shape index (κ3) is 1.24. The fraction of sp³-hybridized carbons (Fsp3) is 0.182. The predicted octanol–water partition coefficient (Wildman–Crippen LogP) is 2.19. The molecule has 1 unspecified atom stereocenters. The summed E-state index contributed by atoms with van der Waals surface area (Å²) < 4.78 is 0. The van der Waals surface area contributed by atoms with Crippen LogP contribution in [0.1, 0.15) is 24.1 Å². The zero-order valence-corrected chi connectivity index (χ0v) is 7.47. The topological polar surface area (TPSA) is 20.3 Å². The van der Waals surface area contributed by atoms with Crippen LogP contribution in [-0.4, -0.2) is 11.3 Å². The van der Waals surface area contributed by atoms with Gasteiger partial charge in [0.05, 0.1) is 6.04 Å². The first-order valence-electron chi connectivity index (χ1n) is 4.33. The Morgan fingerprint density at radius 3 is 2.92 bits per heavy atom. The molecule has 0 saturated carbocycles. The number of hydrogen-bond acceptors (Lipinski definition) is 1. The normalized spacial score (nSPS) is 19.8. The minimum atomic E-state index is 0.152. The lowest BCUT2D eigenvalue weighted by molar-refractivity contribution is -0.117. The minimum absolute atomic E-state index is 0.152. The van der Waals surface area contributed by atoms with Crippen molar-refractivity contribution in [1.29, 1.82) is 0 Å². The van der Waals surface area contributed by atoms with Crippen molar-refractivity contribution in [3.8, 4) is 0 Å². The summed E-state index contributed by atoms with van der Waals surface area (Å²) in [6.07, 6.45) is 4.64. The van der Waals surface area contributed by atoms with Gasteiger partial charge in [-0.25, -0.2) is 0 Å². The van der Waals surface area contributed by atoms with Crippen molar-refractivity contribution in [2.45, 2.75) is 13.0 Å². The van der Waals surface area contributed by atoms with Gasteiger partial charge < -0.3 is 4.90 Å². The molecule has 0 bridgehead atoms. The molecule has 2 rings (SSSR count). The number of fused-ring (bicyclic) bond motifs is 1. The van der Waals surface area contributed by atoms with Crippen molar-refractivity contribution < 1.29 is 4.79 Å². The molecule has 0 spiro atoms. The molecule has 2 heteroatoms. The monoisotopic (exact) mass is 173 g/mol. The summed E-state index contributed by atoms with van der Waals surface area (Å²) >= 11 is 0. The highest BCUT2D eigenvalue weighted by Gasteiger charge is 2.17. The van der Waals surface area contributed by atoms with E-state index >= 15 is 0 Å². The zero-order valence-electron chi connectivity index (χ0n) is 7.47. The van der Waals surface area contributed by atoms with Gasteiger partial charge in [-0.05, 0) is 24.1 Å². The smallest absolute Gasteiger partial charge is 0.214 e. The van der Waals surface area contributed by atoms with Crippen molar-refractivity contribution in [1.82, 2.24) is 4.90 Å². The molecule has 13 heavy (non-hydrogen) atoms. The highest BCUT2D eigenvalue weighted by molar-refractivity contribution is 5.63. The Bertz CT molecular complexity index is 357. The first-order valence-corrected chi connectivity index (χ1v) is 4.33.